The molecule has 0 bridgehead atoms. The summed E-state index contributed by atoms with van der Waals surface area (Å²) in [6.45, 7) is 0. The van der Waals surface area contributed by atoms with Crippen molar-refractivity contribution in [2.45, 2.75) is 6.42 Å². The second kappa shape index (κ2) is 6.49. The number of carbonyl (C=O) groups excluding carboxylic acids is 2. The van der Waals surface area contributed by atoms with Crippen molar-refractivity contribution in [2.75, 3.05) is 23.9 Å². The van der Waals surface area contributed by atoms with Gasteiger partial charge < -0.3 is 4.90 Å². The lowest BCUT2D eigenvalue weighted by Gasteiger charge is -2.13. The molecule has 1 aliphatic rings. The third-order valence-corrected chi connectivity index (χ3v) is 4.12. The molecule has 0 aromatic heterocycles. The van der Waals surface area contributed by atoms with E-state index in [-0.39, 0.29) is 18.2 Å². The minimum Gasteiger partial charge on any atom is -0.378 e. The summed E-state index contributed by atoms with van der Waals surface area (Å²) in [5, 5.41) is 0.491. The van der Waals surface area contributed by atoms with Crippen LogP contribution in [0, 0.1) is 0 Å². The van der Waals surface area contributed by atoms with Crippen LogP contribution in [0.15, 0.2) is 54.1 Å². The van der Waals surface area contributed by atoms with E-state index < -0.39 is 0 Å². The Morgan fingerprint density at radius 1 is 1.08 bits per heavy atom. The molecule has 1 aliphatic heterocycles. The topological polar surface area (TPSA) is 40.6 Å². The SMILES string of the molecule is CN(C)c1ccc(/C=C2\CC(=O)N(c3cccc(Cl)c3)C2=O)cc1. The minimum atomic E-state index is -0.293. The zero-order chi connectivity index (χ0) is 17.3. The third-order valence-electron chi connectivity index (χ3n) is 3.89. The highest BCUT2D eigenvalue weighted by atomic mass is 35.5. The summed E-state index contributed by atoms with van der Waals surface area (Å²) in [5.74, 6) is -0.530. The Labute approximate surface area is 145 Å². The number of halogens is 1. The van der Waals surface area contributed by atoms with E-state index >= 15 is 0 Å². The second-order valence-electron chi connectivity index (χ2n) is 5.85. The molecule has 122 valence electrons. The zero-order valence-electron chi connectivity index (χ0n) is 13.5. The van der Waals surface area contributed by atoms with Crippen molar-refractivity contribution >= 4 is 40.9 Å². The van der Waals surface area contributed by atoms with E-state index in [1.54, 1.807) is 30.3 Å². The summed E-state index contributed by atoms with van der Waals surface area (Å²) < 4.78 is 0. The van der Waals surface area contributed by atoms with E-state index in [1.807, 2.05) is 43.3 Å². The molecule has 0 saturated carbocycles. The van der Waals surface area contributed by atoms with Gasteiger partial charge in [-0.1, -0.05) is 29.8 Å². The average molecular weight is 341 g/mol. The van der Waals surface area contributed by atoms with Gasteiger partial charge >= 0.3 is 0 Å². The predicted octanol–water partition coefficient (Wildman–Crippen LogP) is 3.75. The maximum Gasteiger partial charge on any atom is 0.261 e. The fourth-order valence-electron chi connectivity index (χ4n) is 2.63. The van der Waals surface area contributed by atoms with E-state index in [0.29, 0.717) is 16.3 Å². The van der Waals surface area contributed by atoms with Crippen LogP contribution in [0.2, 0.25) is 5.02 Å². The summed E-state index contributed by atoms with van der Waals surface area (Å²) in [6.07, 6.45) is 1.87. The van der Waals surface area contributed by atoms with Crippen molar-refractivity contribution in [3.05, 3.63) is 64.7 Å². The van der Waals surface area contributed by atoms with Crippen molar-refractivity contribution < 1.29 is 9.59 Å². The number of benzene rings is 2. The molecule has 0 radical (unpaired) electrons. The van der Waals surface area contributed by atoms with Gasteiger partial charge in [0.1, 0.15) is 0 Å². The number of hydrogen-bond acceptors (Lipinski definition) is 3. The molecule has 0 atom stereocenters. The number of amides is 2. The molecule has 5 heteroatoms. The molecule has 0 aliphatic carbocycles. The molecule has 1 saturated heterocycles. The quantitative estimate of drug-likeness (QED) is 0.631. The Morgan fingerprint density at radius 2 is 1.79 bits per heavy atom. The number of rotatable bonds is 3. The monoisotopic (exact) mass is 340 g/mol. The standard InChI is InChI=1S/C19H17ClN2O2/c1-21(2)16-8-6-13(7-9-16)10-14-11-18(23)22(19(14)24)17-5-3-4-15(20)12-17/h3-10,12H,11H2,1-2H3/b14-10+. The van der Waals surface area contributed by atoms with Gasteiger partial charge in [0, 0.05) is 30.4 Å². The Balaban J connectivity index is 1.88. The van der Waals surface area contributed by atoms with Crippen LogP contribution < -0.4 is 9.80 Å². The lowest BCUT2D eigenvalue weighted by molar-refractivity contribution is -0.120. The number of hydrogen-bond donors (Lipinski definition) is 0. The molecule has 2 amide bonds. The second-order valence-corrected chi connectivity index (χ2v) is 6.28. The Kier molecular flexibility index (Phi) is 4.40. The van der Waals surface area contributed by atoms with E-state index in [4.69, 9.17) is 11.6 Å². The normalized spacial score (nSPS) is 16.1. The van der Waals surface area contributed by atoms with Gasteiger partial charge in [-0.2, -0.15) is 0 Å². The van der Waals surface area contributed by atoms with E-state index in [1.165, 1.54) is 4.90 Å². The lowest BCUT2D eigenvalue weighted by atomic mass is 10.1. The maximum atomic E-state index is 12.6. The molecule has 0 N–H and O–H groups in total. The summed E-state index contributed by atoms with van der Waals surface area (Å²) >= 11 is 5.96. The molecule has 2 aromatic rings. The summed E-state index contributed by atoms with van der Waals surface area (Å²) in [5.41, 5.74) is 2.96. The fourth-order valence-corrected chi connectivity index (χ4v) is 2.82. The van der Waals surface area contributed by atoms with Gasteiger partial charge in [0.25, 0.3) is 5.91 Å². The average Bonchev–Trinajstić information content (AvgIpc) is 2.82. The molecule has 1 fully saturated rings. The Bertz CT molecular complexity index is 826. The van der Waals surface area contributed by atoms with Crippen LogP contribution >= 0.6 is 11.6 Å². The van der Waals surface area contributed by atoms with Crippen LogP contribution in [0.5, 0.6) is 0 Å². The number of nitrogens with zero attached hydrogens (tertiary/aromatic N) is 2. The first-order valence-corrected chi connectivity index (χ1v) is 7.94. The van der Waals surface area contributed by atoms with Crippen molar-refractivity contribution in [1.82, 2.24) is 0 Å². The lowest BCUT2D eigenvalue weighted by Crippen LogP contribution is -2.28. The fraction of sp³-hybridized carbons (Fsp3) is 0.158. The molecule has 0 spiro atoms. The van der Waals surface area contributed by atoms with Gasteiger partial charge in [-0.25, -0.2) is 4.90 Å². The first-order valence-electron chi connectivity index (χ1n) is 7.56. The Morgan fingerprint density at radius 3 is 2.42 bits per heavy atom. The van der Waals surface area contributed by atoms with Gasteiger partial charge in [0.2, 0.25) is 5.91 Å². The van der Waals surface area contributed by atoms with Crippen LogP contribution in [0.3, 0.4) is 0 Å². The summed E-state index contributed by atoms with van der Waals surface area (Å²) in [6, 6.07) is 14.6. The molecule has 4 nitrogen and oxygen atoms in total. The van der Waals surface area contributed by atoms with Crippen molar-refractivity contribution in [3.63, 3.8) is 0 Å². The third kappa shape index (κ3) is 3.19. The predicted molar refractivity (Wildman–Crippen MR) is 97.3 cm³/mol. The van der Waals surface area contributed by atoms with Gasteiger partial charge in [0.15, 0.2) is 0 Å². The van der Waals surface area contributed by atoms with E-state index in [0.717, 1.165) is 11.3 Å². The summed E-state index contributed by atoms with van der Waals surface area (Å²) in [7, 11) is 3.94. The number of carbonyl (C=O) groups is 2. The van der Waals surface area contributed by atoms with Crippen LogP contribution in [-0.4, -0.2) is 25.9 Å². The molecule has 1 heterocycles. The molecular formula is C19H17ClN2O2. The van der Waals surface area contributed by atoms with E-state index in [9.17, 15) is 9.59 Å². The number of imide groups is 1. The molecular weight excluding hydrogens is 324 g/mol. The summed E-state index contributed by atoms with van der Waals surface area (Å²) in [4.78, 5) is 28.0. The number of anilines is 2. The van der Waals surface area contributed by atoms with Crippen LogP contribution in [-0.2, 0) is 9.59 Å². The highest BCUT2D eigenvalue weighted by Gasteiger charge is 2.34. The molecule has 0 unspecified atom stereocenters. The van der Waals surface area contributed by atoms with Gasteiger partial charge in [-0.3, -0.25) is 9.59 Å². The molecule has 24 heavy (non-hydrogen) atoms. The largest absolute Gasteiger partial charge is 0.378 e. The first kappa shape index (κ1) is 16.3. The van der Waals surface area contributed by atoms with Gasteiger partial charge in [0.05, 0.1) is 12.1 Å². The highest BCUT2D eigenvalue weighted by molar-refractivity contribution is 6.32. The zero-order valence-corrected chi connectivity index (χ0v) is 14.2. The van der Waals surface area contributed by atoms with Gasteiger partial charge in [-0.05, 0) is 42.0 Å². The smallest absolute Gasteiger partial charge is 0.261 e. The minimum absolute atomic E-state index is 0.0980. The maximum absolute atomic E-state index is 12.6. The Hall–Kier alpha value is -2.59. The van der Waals surface area contributed by atoms with Gasteiger partial charge in [-0.15, -0.1) is 0 Å². The van der Waals surface area contributed by atoms with Crippen molar-refractivity contribution in [3.8, 4) is 0 Å². The highest BCUT2D eigenvalue weighted by Crippen LogP contribution is 2.29. The molecule has 2 aromatic carbocycles. The van der Waals surface area contributed by atoms with Crippen LogP contribution in [0.25, 0.3) is 6.08 Å². The van der Waals surface area contributed by atoms with Crippen molar-refractivity contribution in [1.29, 1.82) is 0 Å². The van der Waals surface area contributed by atoms with Crippen LogP contribution in [0.1, 0.15) is 12.0 Å². The first-order chi connectivity index (χ1) is 11.5. The van der Waals surface area contributed by atoms with Crippen LogP contribution in [0.4, 0.5) is 11.4 Å². The van der Waals surface area contributed by atoms with E-state index in [2.05, 4.69) is 0 Å². The van der Waals surface area contributed by atoms with Crippen molar-refractivity contribution in [2.24, 2.45) is 0 Å². The molecule has 3 rings (SSSR count).